The predicted octanol–water partition coefficient (Wildman–Crippen LogP) is 14.0. The van der Waals surface area contributed by atoms with Crippen molar-refractivity contribution in [2.45, 2.75) is 19.3 Å². The molecule has 8 aromatic carbocycles. The average Bonchev–Trinajstić information content (AvgIpc) is 3.88. The molecule has 3 aromatic heterocycles. The summed E-state index contributed by atoms with van der Waals surface area (Å²) in [5.41, 5.74) is 17.0. The van der Waals surface area contributed by atoms with E-state index in [-0.39, 0.29) is 5.41 Å². The molecule has 1 aliphatic rings. The first-order valence-corrected chi connectivity index (χ1v) is 20.3. The average molecular weight is 755 g/mol. The fraction of sp³-hybridized carbons (Fsp3) is 0.0545. The van der Waals surface area contributed by atoms with E-state index in [4.69, 9.17) is 9.97 Å². The largest absolute Gasteiger partial charge is 0.309 e. The van der Waals surface area contributed by atoms with Crippen molar-refractivity contribution in [1.82, 2.24) is 19.1 Å². The smallest absolute Gasteiger partial charge is 0.160 e. The number of fused-ring (bicyclic) bond motifs is 9. The van der Waals surface area contributed by atoms with Crippen molar-refractivity contribution >= 4 is 43.6 Å². The second kappa shape index (κ2) is 12.7. The highest BCUT2D eigenvalue weighted by atomic mass is 15.0. The van der Waals surface area contributed by atoms with Gasteiger partial charge in [0.05, 0.1) is 39.1 Å². The monoisotopic (exact) mass is 754 g/mol. The lowest BCUT2D eigenvalue weighted by Gasteiger charge is -2.22. The molecule has 4 heteroatoms. The van der Waals surface area contributed by atoms with Crippen molar-refractivity contribution in [2.75, 3.05) is 0 Å². The third-order valence-electron chi connectivity index (χ3n) is 12.5. The molecule has 0 saturated heterocycles. The maximum Gasteiger partial charge on any atom is 0.160 e. The molecule has 12 rings (SSSR count). The molecule has 0 unspecified atom stereocenters. The van der Waals surface area contributed by atoms with Crippen molar-refractivity contribution in [3.05, 3.63) is 205 Å². The van der Waals surface area contributed by atoms with Crippen LogP contribution in [0, 0.1) is 0 Å². The van der Waals surface area contributed by atoms with E-state index >= 15 is 0 Å². The Kier molecular flexibility index (Phi) is 7.24. The van der Waals surface area contributed by atoms with Crippen molar-refractivity contribution in [3.63, 3.8) is 0 Å². The van der Waals surface area contributed by atoms with Gasteiger partial charge < -0.3 is 9.13 Å². The van der Waals surface area contributed by atoms with Gasteiger partial charge in [-0.2, -0.15) is 0 Å². The van der Waals surface area contributed by atoms with Crippen LogP contribution in [0.25, 0.3) is 100 Å². The molecule has 59 heavy (non-hydrogen) atoms. The van der Waals surface area contributed by atoms with Gasteiger partial charge in [0.15, 0.2) is 5.82 Å². The second-order valence-corrected chi connectivity index (χ2v) is 16.2. The Balaban J connectivity index is 1.10. The van der Waals surface area contributed by atoms with Crippen LogP contribution in [0.1, 0.15) is 25.0 Å². The van der Waals surface area contributed by atoms with Gasteiger partial charge in [-0.1, -0.05) is 147 Å². The summed E-state index contributed by atoms with van der Waals surface area (Å²) in [7, 11) is 0. The maximum absolute atomic E-state index is 5.28. The topological polar surface area (TPSA) is 35.6 Å². The molecule has 0 N–H and O–H groups in total. The van der Waals surface area contributed by atoms with Gasteiger partial charge in [0.2, 0.25) is 0 Å². The molecule has 0 saturated carbocycles. The number of rotatable bonds is 5. The van der Waals surface area contributed by atoms with Gasteiger partial charge in [-0.05, 0) is 82.9 Å². The molecular weight excluding hydrogens is 717 g/mol. The minimum atomic E-state index is -0.242. The minimum absolute atomic E-state index is 0.242. The fourth-order valence-electron chi connectivity index (χ4n) is 9.71. The lowest BCUT2D eigenvalue weighted by atomic mass is 9.82. The van der Waals surface area contributed by atoms with Crippen molar-refractivity contribution < 1.29 is 0 Å². The molecule has 1 aliphatic carbocycles. The summed E-state index contributed by atoms with van der Waals surface area (Å²) in [6.45, 7) is 4.78. The number of benzene rings is 8. The predicted molar refractivity (Wildman–Crippen MR) is 245 cm³/mol. The number of hydrogen-bond acceptors (Lipinski definition) is 2. The highest BCUT2D eigenvalue weighted by molar-refractivity contribution is 6.14. The zero-order chi connectivity index (χ0) is 39.2. The van der Waals surface area contributed by atoms with Crippen LogP contribution in [0.2, 0.25) is 0 Å². The third kappa shape index (κ3) is 5.03. The molecule has 0 amide bonds. The van der Waals surface area contributed by atoms with Gasteiger partial charge in [0.1, 0.15) is 0 Å². The summed E-state index contributed by atoms with van der Waals surface area (Å²) in [5, 5.41) is 5.01. The molecular formula is C55H38N4. The Hall–Kier alpha value is -7.56. The van der Waals surface area contributed by atoms with Crippen LogP contribution in [0.3, 0.4) is 0 Å². The number of nitrogens with zero attached hydrogens (tertiary/aromatic N) is 4. The van der Waals surface area contributed by atoms with Gasteiger partial charge in [0.25, 0.3) is 0 Å². The summed E-state index contributed by atoms with van der Waals surface area (Å²) < 4.78 is 4.89. The summed E-state index contributed by atoms with van der Waals surface area (Å²) in [6.07, 6.45) is 0. The third-order valence-corrected chi connectivity index (χ3v) is 12.5. The normalized spacial score (nSPS) is 13.1. The summed E-state index contributed by atoms with van der Waals surface area (Å²) in [6, 6.07) is 69.8. The Labute approximate surface area is 342 Å². The zero-order valence-corrected chi connectivity index (χ0v) is 32.8. The number of aromatic nitrogens is 4. The molecule has 0 spiro atoms. The number of para-hydroxylation sites is 4. The van der Waals surface area contributed by atoms with Crippen LogP contribution in [0.5, 0.6) is 0 Å². The minimum Gasteiger partial charge on any atom is -0.309 e. The molecule has 0 radical (unpaired) electrons. The van der Waals surface area contributed by atoms with Crippen molar-refractivity contribution in [1.29, 1.82) is 0 Å². The van der Waals surface area contributed by atoms with E-state index in [1.54, 1.807) is 0 Å². The fourth-order valence-corrected chi connectivity index (χ4v) is 9.71. The zero-order valence-electron chi connectivity index (χ0n) is 32.8. The standard InChI is InChI=1S/C55H38N4/c1-55(2)45-32-52-43(38-24-12-15-27-49(38)58(52)37-22-10-5-11-23-37)30-41(45)42-31-44-39-25-13-16-28-50(39)59(53(44)33-46(42)55)51-29-17-14-26-40(51)48-34-47(35-18-6-3-7-19-35)56-54(57-48)36-20-8-4-9-21-36/h3-34H,1-2H3. The van der Waals surface area contributed by atoms with Crippen LogP contribution < -0.4 is 0 Å². The number of hydrogen-bond donors (Lipinski definition) is 0. The van der Waals surface area contributed by atoms with E-state index in [9.17, 15) is 0 Å². The lowest BCUT2D eigenvalue weighted by Crippen LogP contribution is -2.15. The molecule has 3 heterocycles. The molecule has 0 atom stereocenters. The Morgan fingerprint density at radius 1 is 0.373 bits per heavy atom. The molecule has 0 aliphatic heterocycles. The van der Waals surface area contributed by atoms with Gasteiger partial charge in [-0.25, -0.2) is 9.97 Å². The van der Waals surface area contributed by atoms with E-state index in [0.29, 0.717) is 5.82 Å². The Morgan fingerprint density at radius 2 is 0.864 bits per heavy atom. The van der Waals surface area contributed by atoms with E-state index < -0.39 is 0 Å². The molecule has 4 nitrogen and oxygen atoms in total. The Morgan fingerprint density at radius 3 is 1.51 bits per heavy atom. The molecule has 0 fully saturated rings. The van der Waals surface area contributed by atoms with Gasteiger partial charge in [-0.3, -0.25) is 0 Å². The first-order valence-electron chi connectivity index (χ1n) is 20.3. The van der Waals surface area contributed by atoms with Crippen molar-refractivity contribution in [2.24, 2.45) is 0 Å². The molecule has 11 aromatic rings. The Bertz CT molecular complexity index is 3390. The second-order valence-electron chi connectivity index (χ2n) is 16.2. The van der Waals surface area contributed by atoms with Crippen LogP contribution in [-0.2, 0) is 5.41 Å². The lowest BCUT2D eigenvalue weighted by molar-refractivity contribution is 0.661. The first kappa shape index (κ1) is 33.6. The van der Waals surface area contributed by atoms with Gasteiger partial charge in [0, 0.05) is 49.3 Å². The van der Waals surface area contributed by atoms with Crippen LogP contribution in [-0.4, -0.2) is 19.1 Å². The summed E-state index contributed by atoms with van der Waals surface area (Å²) >= 11 is 0. The van der Waals surface area contributed by atoms with Crippen LogP contribution in [0.4, 0.5) is 0 Å². The maximum atomic E-state index is 5.28. The molecule has 278 valence electrons. The van der Waals surface area contributed by atoms with E-state index in [1.807, 2.05) is 24.3 Å². The summed E-state index contributed by atoms with van der Waals surface area (Å²) in [5.74, 6) is 0.705. The van der Waals surface area contributed by atoms with Crippen molar-refractivity contribution in [3.8, 4) is 56.4 Å². The SMILES string of the molecule is CC1(C)c2cc3c(cc2-c2cc4c5ccccc5n(-c5ccccc5-c5cc(-c6ccccc6)nc(-c6ccccc6)n5)c4cc21)c1ccccc1n3-c1ccccc1. The van der Waals surface area contributed by atoms with Gasteiger partial charge in [-0.15, -0.1) is 0 Å². The van der Waals surface area contributed by atoms with E-state index in [2.05, 4.69) is 193 Å². The van der Waals surface area contributed by atoms with E-state index in [1.165, 1.54) is 71.6 Å². The highest BCUT2D eigenvalue weighted by Crippen LogP contribution is 2.53. The highest BCUT2D eigenvalue weighted by Gasteiger charge is 2.37. The molecule has 0 bridgehead atoms. The van der Waals surface area contributed by atoms with Crippen LogP contribution >= 0.6 is 0 Å². The van der Waals surface area contributed by atoms with Crippen LogP contribution in [0.15, 0.2) is 194 Å². The van der Waals surface area contributed by atoms with Gasteiger partial charge >= 0.3 is 0 Å². The first-order chi connectivity index (χ1) is 29.0. The quantitative estimate of drug-likeness (QED) is 0.175. The summed E-state index contributed by atoms with van der Waals surface area (Å²) in [4.78, 5) is 10.4. The van der Waals surface area contributed by atoms with E-state index in [0.717, 1.165) is 33.8 Å².